The molecule has 122 valence electrons. The quantitative estimate of drug-likeness (QED) is 0.662. The van der Waals surface area contributed by atoms with Gasteiger partial charge in [-0.2, -0.15) is 0 Å². The summed E-state index contributed by atoms with van der Waals surface area (Å²) in [5, 5.41) is 5.47. The smallest absolute Gasteiger partial charge is 0.0963 e. The van der Waals surface area contributed by atoms with E-state index in [9.17, 15) is 0 Å². The summed E-state index contributed by atoms with van der Waals surface area (Å²) < 4.78 is 0. The highest BCUT2D eigenvalue weighted by Crippen LogP contribution is 2.34. The average molecular weight is 355 g/mol. The highest BCUT2D eigenvalue weighted by atomic mass is 35.5. The van der Waals surface area contributed by atoms with Crippen molar-refractivity contribution >= 4 is 22.9 Å². The molecule has 2 aromatic carbocycles. The van der Waals surface area contributed by atoms with E-state index in [1.807, 2.05) is 29.7 Å². The van der Waals surface area contributed by atoms with E-state index < -0.39 is 0 Å². The highest BCUT2D eigenvalue weighted by Gasteiger charge is 2.18. The monoisotopic (exact) mass is 354 g/mol. The number of aromatic nitrogens is 1. The van der Waals surface area contributed by atoms with Crippen LogP contribution >= 0.6 is 22.9 Å². The topological polar surface area (TPSA) is 24.9 Å². The van der Waals surface area contributed by atoms with Gasteiger partial charge in [-0.15, -0.1) is 11.3 Å². The zero-order valence-corrected chi connectivity index (χ0v) is 14.9. The van der Waals surface area contributed by atoms with Crippen molar-refractivity contribution in [1.82, 2.24) is 10.3 Å². The SMILES string of the molecule is Clc1ccc(-c2ccc(-c3cnc(C4CCNCC4)s3)cc2)cc1. The van der Waals surface area contributed by atoms with E-state index in [0.717, 1.165) is 18.1 Å². The second kappa shape index (κ2) is 7.06. The Hall–Kier alpha value is -1.68. The van der Waals surface area contributed by atoms with Crippen LogP contribution in [0.4, 0.5) is 0 Å². The van der Waals surface area contributed by atoms with Gasteiger partial charge in [-0.05, 0) is 54.8 Å². The summed E-state index contributed by atoms with van der Waals surface area (Å²) in [5.41, 5.74) is 3.63. The summed E-state index contributed by atoms with van der Waals surface area (Å²) in [6.45, 7) is 2.21. The van der Waals surface area contributed by atoms with Crippen molar-refractivity contribution in [3.05, 3.63) is 64.8 Å². The van der Waals surface area contributed by atoms with E-state index in [2.05, 4.69) is 46.7 Å². The number of hydrogen-bond acceptors (Lipinski definition) is 3. The molecule has 3 aromatic rings. The van der Waals surface area contributed by atoms with Crippen LogP contribution in [0.2, 0.25) is 5.02 Å². The van der Waals surface area contributed by atoms with Crippen molar-refractivity contribution in [3.8, 4) is 21.6 Å². The van der Waals surface area contributed by atoms with Gasteiger partial charge in [0.05, 0.1) is 9.88 Å². The largest absolute Gasteiger partial charge is 0.317 e. The lowest BCUT2D eigenvalue weighted by Gasteiger charge is -2.20. The number of piperidine rings is 1. The van der Waals surface area contributed by atoms with Crippen molar-refractivity contribution in [2.75, 3.05) is 13.1 Å². The van der Waals surface area contributed by atoms with Crippen LogP contribution in [0.5, 0.6) is 0 Å². The fourth-order valence-electron chi connectivity index (χ4n) is 3.15. The lowest BCUT2D eigenvalue weighted by molar-refractivity contribution is 0.459. The average Bonchev–Trinajstić information content (AvgIpc) is 3.13. The van der Waals surface area contributed by atoms with Crippen LogP contribution in [0.1, 0.15) is 23.8 Å². The molecule has 0 spiro atoms. The van der Waals surface area contributed by atoms with Gasteiger partial charge in [0.1, 0.15) is 0 Å². The van der Waals surface area contributed by atoms with Crippen molar-refractivity contribution < 1.29 is 0 Å². The third-order valence-corrected chi connectivity index (χ3v) is 6.02. The molecule has 4 heteroatoms. The maximum Gasteiger partial charge on any atom is 0.0963 e. The molecule has 1 fully saturated rings. The molecule has 4 rings (SSSR count). The van der Waals surface area contributed by atoms with Gasteiger partial charge in [0, 0.05) is 17.1 Å². The fraction of sp³-hybridized carbons (Fsp3) is 0.250. The molecule has 0 unspecified atom stereocenters. The maximum absolute atomic E-state index is 5.96. The van der Waals surface area contributed by atoms with E-state index in [1.54, 1.807) is 0 Å². The zero-order chi connectivity index (χ0) is 16.4. The highest BCUT2D eigenvalue weighted by molar-refractivity contribution is 7.15. The predicted molar refractivity (Wildman–Crippen MR) is 103 cm³/mol. The molecule has 1 aliphatic heterocycles. The minimum atomic E-state index is 0.623. The van der Waals surface area contributed by atoms with Gasteiger partial charge in [0.25, 0.3) is 0 Å². The molecule has 24 heavy (non-hydrogen) atoms. The summed E-state index contributed by atoms with van der Waals surface area (Å²) >= 11 is 7.80. The zero-order valence-electron chi connectivity index (χ0n) is 13.3. The van der Waals surface area contributed by atoms with Crippen molar-refractivity contribution in [3.63, 3.8) is 0 Å². The Balaban J connectivity index is 1.54. The van der Waals surface area contributed by atoms with Crippen LogP contribution in [-0.2, 0) is 0 Å². The Labute approximate surface area is 151 Å². The molecule has 1 N–H and O–H groups in total. The summed E-state index contributed by atoms with van der Waals surface area (Å²) in [7, 11) is 0. The second-order valence-corrected chi connectivity index (χ2v) is 7.67. The molecule has 1 aliphatic rings. The Morgan fingerprint density at radius 1 is 0.875 bits per heavy atom. The molecule has 0 bridgehead atoms. The third kappa shape index (κ3) is 3.39. The number of thiazole rings is 1. The van der Waals surface area contributed by atoms with Gasteiger partial charge in [0.15, 0.2) is 0 Å². The minimum absolute atomic E-state index is 0.623. The summed E-state index contributed by atoms with van der Waals surface area (Å²) in [6, 6.07) is 16.7. The van der Waals surface area contributed by atoms with Gasteiger partial charge in [-0.3, -0.25) is 0 Å². The summed E-state index contributed by atoms with van der Waals surface area (Å²) in [4.78, 5) is 5.94. The van der Waals surface area contributed by atoms with Crippen LogP contribution in [0.3, 0.4) is 0 Å². The van der Waals surface area contributed by atoms with E-state index in [4.69, 9.17) is 11.6 Å². The first-order valence-corrected chi connectivity index (χ1v) is 9.52. The number of benzene rings is 2. The number of halogens is 1. The Morgan fingerprint density at radius 2 is 1.46 bits per heavy atom. The lowest BCUT2D eigenvalue weighted by Crippen LogP contribution is -2.26. The van der Waals surface area contributed by atoms with Crippen molar-refractivity contribution in [2.45, 2.75) is 18.8 Å². The number of rotatable bonds is 3. The Bertz CT molecular complexity index is 802. The Kier molecular flexibility index (Phi) is 4.65. The lowest BCUT2D eigenvalue weighted by atomic mass is 9.99. The van der Waals surface area contributed by atoms with E-state index in [1.165, 1.54) is 39.4 Å². The fourth-order valence-corrected chi connectivity index (χ4v) is 4.37. The number of nitrogens with one attached hydrogen (secondary N) is 1. The molecule has 2 heterocycles. The molecule has 1 saturated heterocycles. The van der Waals surface area contributed by atoms with Crippen LogP contribution in [0.25, 0.3) is 21.6 Å². The predicted octanol–water partition coefficient (Wildman–Crippen LogP) is 5.60. The first kappa shape index (κ1) is 15.8. The first-order valence-electron chi connectivity index (χ1n) is 8.32. The molecule has 0 atom stereocenters. The summed E-state index contributed by atoms with van der Waals surface area (Å²) in [5.74, 6) is 0.623. The van der Waals surface area contributed by atoms with E-state index in [-0.39, 0.29) is 0 Å². The first-order chi connectivity index (χ1) is 11.8. The van der Waals surface area contributed by atoms with Gasteiger partial charge >= 0.3 is 0 Å². The van der Waals surface area contributed by atoms with Crippen LogP contribution in [0.15, 0.2) is 54.7 Å². The van der Waals surface area contributed by atoms with Gasteiger partial charge < -0.3 is 5.32 Å². The molecule has 0 amide bonds. The minimum Gasteiger partial charge on any atom is -0.317 e. The van der Waals surface area contributed by atoms with Gasteiger partial charge in [0.2, 0.25) is 0 Å². The summed E-state index contributed by atoms with van der Waals surface area (Å²) in [6.07, 6.45) is 4.42. The second-order valence-electron chi connectivity index (χ2n) is 6.17. The van der Waals surface area contributed by atoms with E-state index >= 15 is 0 Å². The molecular weight excluding hydrogens is 336 g/mol. The molecule has 0 radical (unpaired) electrons. The number of hydrogen-bond donors (Lipinski definition) is 1. The van der Waals surface area contributed by atoms with Crippen LogP contribution < -0.4 is 5.32 Å². The van der Waals surface area contributed by atoms with Gasteiger partial charge in [-0.1, -0.05) is 48.0 Å². The molecule has 1 aromatic heterocycles. The molecule has 0 aliphatic carbocycles. The maximum atomic E-state index is 5.96. The van der Waals surface area contributed by atoms with Crippen molar-refractivity contribution in [1.29, 1.82) is 0 Å². The standard InChI is InChI=1S/C20H19ClN2S/c21-18-7-5-15(6-8-18)14-1-3-16(4-2-14)19-13-23-20(24-19)17-9-11-22-12-10-17/h1-8,13,17,22H,9-12H2. The molecule has 0 saturated carbocycles. The van der Waals surface area contributed by atoms with Crippen LogP contribution in [0, 0.1) is 0 Å². The van der Waals surface area contributed by atoms with E-state index in [0.29, 0.717) is 5.92 Å². The van der Waals surface area contributed by atoms with Crippen LogP contribution in [-0.4, -0.2) is 18.1 Å². The normalized spacial score (nSPS) is 15.5. The van der Waals surface area contributed by atoms with Crippen molar-refractivity contribution in [2.24, 2.45) is 0 Å². The Morgan fingerprint density at radius 3 is 2.12 bits per heavy atom. The third-order valence-electron chi connectivity index (χ3n) is 4.56. The van der Waals surface area contributed by atoms with Gasteiger partial charge in [-0.25, -0.2) is 4.98 Å². The number of nitrogens with zero attached hydrogens (tertiary/aromatic N) is 1. The molecule has 2 nitrogen and oxygen atoms in total. The molecular formula is C20H19ClN2S.